The van der Waals surface area contributed by atoms with Crippen molar-refractivity contribution in [3.05, 3.63) is 30.4 Å². The number of amides is 1. The number of halogens is 1. The molecule has 2 unspecified atom stereocenters. The summed E-state index contributed by atoms with van der Waals surface area (Å²) in [6.45, 7) is 4.38. The molecule has 1 aromatic rings. The first-order valence-corrected chi connectivity index (χ1v) is 6.75. The highest BCUT2D eigenvalue weighted by Gasteiger charge is 2.26. The number of hydrogen-bond donors (Lipinski definition) is 2. The highest BCUT2D eigenvalue weighted by atomic mass is 35.5. The van der Waals surface area contributed by atoms with Gasteiger partial charge in [0.2, 0.25) is 5.91 Å². The molecule has 1 aromatic heterocycles. The summed E-state index contributed by atoms with van der Waals surface area (Å²) < 4.78 is 5.56. The van der Waals surface area contributed by atoms with Crippen molar-refractivity contribution in [2.75, 3.05) is 6.61 Å². The normalized spacial score (nSPS) is 23.3. The minimum atomic E-state index is -0.150. The first-order valence-electron chi connectivity index (χ1n) is 6.31. The van der Waals surface area contributed by atoms with Crippen LogP contribution in [-0.2, 0) is 16.1 Å². The molecule has 19 heavy (non-hydrogen) atoms. The zero-order valence-electron chi connectivity index (χ0n) is 10.7. The lowest BCUT2D eigenvalue weighted by atomic mass is 9.93. The van der Waals surface area contributed by atoms with Crippen LogP contribution in [-0.4, -0.2) is 34.0 Å². The van der Waals surface area contributed by atoms with E-state index in [1.807, 2.05) is 0 Å². The van der Waals surface area contributed by atoms with E-state index in [1.165, 1.54) is 0 Å². The number of hydrogen-bond acceptors (Lipinski definition) is 3. The van der Waals surface area contributed by atoms with Crippen LogP contribution >= 0.6 is 11.6 Å². The summed E-state index contributed by atoms with van der Waals surface area (Å²) in [5.41, 5.74) is 2.01. The molecule has 1 fully saturated rings. The smallest absolute Gasteiger partial charge is 0.246 e. The second kappa shape index (κ2) is 6.73. The van der Waals surface area contributed by atoms with Gasteiger partial charge in [0.25, 0.3) is 0 Å². The Morgan fingerprint density at radius 3 is 3.21 bits per heavy atom. The molecule has 0 saturated heterocycles. The maximum absolute atomic E-state index is 11.6. The lowest BCUT2D eigenvalue weighted by Gasteiger charge is -2.28. The fraction of sp³-hybridized carbons (Fsp3) is 0.538. The van der Waals surface area contributed by atoms with E-state index in [2.05, 4.69) is 21.9 Å². The Hall–Kier alpha value is -1.33. The van der Waals surface area contributed by atoms with E-state index in [-0.39, 0.29) is 24.0 Å². The fourth-order valence-electron chi connectivity index (χ4n) is 2.03. The Morgan fingerprint density at radius 2 is 2.53 bits per heavy atom. The van der Waals surface area contributed by atoms with Crippen LogP contribution < -0.4 is 5.32 Å². The average molecular weight is 284 g/mol. The Balaban J connectivity index is 1.67. The topological polar surface area (TPSA) is 67.0 Å². The number of allylic oxidation sites excluding steroid dienone is 1. The molecule has 1 aliphatic rings. The van der Waals surface area contributed by atoms with E-state index in [1.54, 1.807) is 12.5 Å². The first-order chi connectivity index (χ1) is 9.15. The molecule has 2 N–H and O–H groups in total. The number of nitrogens with zero attached hydrogens (tertiary/aromatic N) is 1. The molecule has 0 bridgehead atoms. The van der Waals surface area contributed by atoms with Crippen molar-refractivity contribution in [2.45, 2.75) is 37.3 Å². The number of aromatic nitrogens is 2. The SMILES string of the molecule is C=C1CCC(OCC(=O)NCc2cnc[nH]2)C(Cl)C1. The van der Waals surface area contributed by atoms with Crippen LogP contribution in [0.5, 0.6) is 0 Å². The third-order valence-corrected chi connectivity index (χ3v) is 3.56. The van der Waals surface area contributed by atoms with Crippen LogP contribution in [0.2, 0.25) is 0 Å². The van der Waals surface area contributed by atoms with Crippen LogP contribution in [0.1, 0.15) is 25.0 Å². The summed E-state index contributed by atoms with van der Waals surface area (Å²) in [7, 11) is 0. The van der Waals surface area contributed by atoms with Gasteiger partial charge < -0.3 is 15.0 Å². The van der Waals surface area contributed by atoms with Gasteiger partial charge in [0.15, 0.2) is 0 Å². The minimum Gasteiger partial charge on any atom is -0.367 e. The number of nitrogens with one attached hydrogen (secondary N) is 2. The lowest BCUT2D eigenvalue weighted by molar-refractivity contribution is -0.128. The molecule has 5 nitrogen and oxygen atoms in total. The van der Waals surface area contributed by atoms with E-state index in [0.29, 0.717) is 6.54 Å². The zero-order chi connectivity index (χ0) is 13.7. The number of carbonyl (C=O) groups is 1. The van der Waals surface area contributed by atoms with Crippen molar-refractivity contribution in [3.8, 4) is 0 Å². The largest absolute Gasteiger partial charge is 0.367 e. The average Bonchev–Trinajstić information content (AvgIpc) is 2.88. The summed E-state index contributed by atoms with van der Waals surface area (Å²) in [4.78, 5) is 18.4. The molecule has 0 aliphatic heterocycles. The Labute approximate surface area is 117 Å². The lowest BCUT2D eigenvalue weighted by Crippen LogP contribution is -2.34. The van der Waals surface area contributed by atoms with Crippen LogP contribution in [0.15, 0.2) is 24.7 Å². The molecule has 2 rings (SSSR count). The highest BCUT2D eigenvalue weighted by molar-refractivity contribution is 6.21. The molecule has 1 heterocycles. The van der Waals surface area contributed by atoms with E-state index in [4.69, 9.17) is 16.3 Å². The van der Waals surface area contributed by atoms with Crippen molar-refractivity contribution < 1.29 is 9.53 Å². The maximum Gasteiger partial charge on any atom is 0.246 e. The second-order valence-corrected chi connectivity index (χ2v) is 5.27. The van der Waals surface area contributed by atoms with Crippen LogP contribution in [0.4, 0.5) is 0 Å². The van der Waals surface area contributed by atoms with Gasteiger partial charge in [-0.2, -0.15) is 0 Å². The van der Waals surface area contributed by atoms with Gasteiger partial charge >= 0.3 is 0 Å². The van der Waals surface area contributed by atoms with Gasteiger partial charge in [0, 0.05) is 6.20 Å². The summed E-state index contributed by atoms with van der Waals surface area (Å²) >= 11 is 6.19. The summed E-state index contributed by atoms with van der Waals surface area (Å²) in [5.74, 6) is -0.150. The molecule has 0 aromatic carbocycles. The minimum absolute atomic E-state index is 0.0362. The monoisotopic (exact) mass is 283 g/mol. The summed E-state index contributed by atoms with van der Waals surface area (Å²) in [6.07, 6.45) is 5.70. The van der Waals surface area contributed by atoms with E-state index >= 15 is 0 Å². The quantitative estimate of drug-likeness (QED) is 0.639. The van der Waals surface area contributed by atoms with Gasteiger partial charge in [-0.25, -0.2) is 4.98 Å². The van der Waals surface area contributed by atoms with Crippen molar-refractivity contribution in [1.29, 1.82) is 0 Å². The van der Waals surface area contributed by atoms with Gasteiger partial charge in [0.05, 0.1) is 30.0 Å². The maximum atomic E-state index is 11.6. The Morgan fingerprint density at radius 1 is 1.68 bits per heavy atom. The number of aromatic amines is 1. The number of H-pyrrole nitrogens is 1. The molecule has 2 atom stereocenters. The van der Waals surface area contributed by atoms with E-state index in [9.17, 15) is 4.79 Å². The standard InChI is InChI=1S/C13H18ClN3O2/c1-9-2-3-12(11(14)4-9)19-7-13(18)16-6-10-5-15-8-17-10/h5,8,11-12H,1-4,6-7H2,(H,15,17)(H,16,18). The van der Waals surface area contributed by atoms with Gasteiger partial charge in [0.1, 0.15) is 6.61 Å². The van der Waals surface area contributed by atoms with Crippen molar-refractivity contribution in [3.63, 3.8) is 0 Å². The second-order valence-electron chi connectivity index (χ2n) is 4.71. The molecule has 1 amide bonds. The number of alkyl halides is 1. The van der Waals surface area contributed by atoms with E-state index in [0.717, 1.165) is 30.5 Å². The van der Waals surface area contributed by atoms with Crippen LogP contribution in [0.3, 0.4) is 0 Å². The van der Waals surface area contributed by atoms with Crippen molar-refractivity contribution >= 4 is 17.5 Å². The summed E-state index contributed by atoms with van der Waals surface area (Å²) in [6, 6.07) is 0. The Kier molecular flexibility index (Phi) is 4.99. The molecular weight excluding hydrogens is 266 g/mol. The number of imidazole rings is 1. The van der Waals surface area contributed by atoms with Gasteiger partial charge in [-0.15, -0.1) is 11.6 Å². The third kappa shape index (κ3) is 4.36. The van der Waals surface area contributed by atoms with Gasteiger partial charge in [-0.3, -0.25) is 4.79 Å². The van der Waals surface area contributed by atoms with E-state index < -0.39 is 0 Å². The Bertz CT molecular complexity index is 433. The van der Waals surface area contributed by atoms with Crippen LogP contribution in [0.25, 0.3) is 0 Å². The van der Waals surface area contributed by atoms with Gasteiger partial charge in [-0.1, -0.05) is 12.2 Å². The highest BCUT2D eigenvalue weighted by Crippen LogP contribution is 2.28. The zero-order valence-corrected chi connectivity index (χ0v) is 11.4. The number of carbonyl (C=O) groups excluding carboxylic acids is 1. The number of rotatable bonds is 5. The number of ether oxygens (including phenoxy) is 1. The van der Waals surface area contributed by atoms with Gasteiger partial charge in [-0.05, 0) is 19.3 Å². The predicted octanol–water partition coefficient (Wildman–Crippen LogP) is 1.76. The molecular formula is C13H18ClN3O2. The van der Waals surface area contributed by atoms with Crippen LogP contribution in [0, 0.1) is 0 Å². The molecule has 1 saturated carbocycles. The molecule has 6 heteroatoms. The molecule has 0 spiro atoms. The first kappa shape index (κ1) is 14.1. The molecule has 104 valence electrons. The molecule has 1 aliphatic carbocycles. The summed E-state index contributed by atoms with van der Waals surface area (Å²) in [5, 5.41) is 2.67. The molecule has 0 radical (unpaired) electrons. The fourth-order valence-corrected chi connectivity index (χ4v) is 2.45. The van der Waals surface area contributed by atoms with Crippen molar-refractivity contribution in [1.82, 2.24) is 15.3 Å². The third-order valence-electron chi connectivity index (χ3n) is 3.13. The van der Waals surface area contributed by atoms with Crippen molar-refractivity contribution in [2.24, 2.45) is 0 Å². The predicted molar refractivity (Wildman–Crippen MR) is 72.8 cm³/mol.